The van der Waals surface area contributed by atoms with Gasteiger partial charge >= 0.3 is 0 Å². The SMILES string of the molecule is CCOc1ccc(C2/C(=C(\O)c3ccc4c(c3)OCCO4)C(=O)C(=O)N2CCCN2CCOCC2)cc1OCC. The van der Waals surface area contributed by atoms with Gasteiger partial charge in [-0.3, -0.25) is 14.5 Å². The van der Waals surface area contributed by atoms with E-state index < -0.39 is 17.7 Å². The molecule has 2 aromatic rings. The fraction of sp³-hybridized carbons (Fsp3) is 0.467. The van der Waals surface area contributed by atoms with Gasteiger partial charge in [0.2, 0.25) is 0 Å². The van der Waals surface area contributed by atoms with Gasteiger partial charge in [-0.05, 0) is 56.2 Å². The summed E-state index contributed by atoms with van der Waals surface area (Å²) in [6, 6.07) is 9.58. The van der Waals surface area contributed by atoms with E-state index in [0.717, 1.165) is 19.6 Å². The number of carbonyl (C=O) groups is 2. The molecule has 0 saturated carbocycles. The first-order valence-corrected chi connectivity index (χ1v) is 13.9. The lowest BCUT2D eigenvalue weighted by Crippen LogP contribution is -2.39. The molecule has 1 atom stereocenters. The number of ether oxygens (including phenoxy) is 5. The van der Waals surface area contributed by atoms with Crippen molar-refractivity contribution in [2.45, 2.75) is 26.3 Å². The Balaban J connectivity index is 1.53. The second-order valence-corrected chi connectivity index (χ2v) is 9.73. The van der Waals surface area contributed by atoms with Crippen LogP contribution in [0.25, 0.3) is 5.76 Å². The third kappa shape index (κ3) is 5.73. The van der Waals surface area contributed by atoms with Crippen LogP contribution < -0.4 is 18.9 Å². The second kappa shape index (κ2) is 12.6. The quantitative estimate of drug-likeness (QED) is 0.270. The molecule has 0 bridgehead atoms. The Labute approximate surface area is 234 Å². The molecule has 0 spiro atoms. The maximum Gasteiger partial charge on any atom is 0.295 e. The Morgan fingerprint density at radius 3 is 2.38 bits per heavy atom. The maximum absolute atomic E-state index is 13.5. The van der Waals surface area contributed by atoms with Crippen molar-refractivity contribution in [3.63, 3.8) is 0 Å². The van der Waals surface area contributed by atoms with Gasteiger partial charge in [-0.2, -0.15) is 0 Å². The van der Waals surface area contributed by atoms with Gasteiger partial charge in [-0.25, -0.2) is 0 Å². The molecule has 2 aromatic carbocycles. The molecule has 10 heteroatoms. The summed E-state index contributed by atoms with van der Waals surface area (Å²) in [4.78, 5) is 30.8. The number of fused-ring (bicyclic) bond motifs is 1. The van der Waals surface area contributed by atoms with E-state index in [-0.39, 0.29) is 11.3 Å². The molecule has 3 aliphatic heterocycles. The number of benzene rings is 2. The smallest absolute Gasteiger partial charge is 0.295 e. The van der Waals surface area contributed by atoms with Gasteiger partial charge in [0, 0.05) is 31.7 Å². The van der Waals surface area contributed by atoms with Crippen molar-refractivity contribution in [1.82, 2.24) is 9.80 Å². The van der Waals surface area contributed by atoms with Gasteiger partial charge in [0.1, 0.15) is 19.0 Å². The van der Waals surface area contributed by atoms with E-state index in [1.54, 1.807) is 35.2 Å². The minimum atomic E-state index is -0.798. The highest BCUT2D eigenvalue weighted by Crippen LogP contribution is 2.43. The van der Waals surface area contributed by atoms with Gasteiger partial charge in [-0.15, -0.1) is 0 Å². The Morgan fingerprint density at radius 2 is 1.62 bits per heavy atom. The van der Waals surface area contributed by atoms with Crippen molar-refractivity contribution in [3.8, 4) is 23.0 Å². The first-order chi connectivity index (χ1) is 19.5. The molecule has 2 fully saturated rings. The lowest BCUT2D eigenvalue weighted by Gasteiger charge is -2.29. The van der Waals surface area contributed by atoms with Crippen LogP contribution in [0.5, 0.6) is 23.0 Å². The van der Waals surface area contributed by atoms with Crippen molar-refractivity contribution < 1.29 is 38.4 Å². The highest BCUT2D eigenvalue weighted by atomic mass is 16.6. The largest absolute Gasteiger partial charge is 0.507 e. The molecule has 1 unspecified atom stereocenters. The fourth-order valence-corrected chi connectivity index (χ4v) is 5.33. The zero-order valence-corrected chi connectivity index (χ0v) is 23.0. The summed E-state index contributed by atoms with van der Waals surface area (Å²) in [5, 5.41) is 11.5. The number of aliphatic hydroxyl groups is 1. The molecule has 2 saturated heterocycles. The van der Waals surface area contributed by atoms with Gasteiger partial charge < -0.3 is 33.7 Å². The first kappa shape index (κ1) is 27.8. The third-order valence-electron chi connectivity index (χ3n) is 7.22. The van der Waals surface area contributed by atoms with Crippen molar-refractivity contribution in [1.29, 1.82) is 0 Å². The van der Waals surface area contributed by atoms with Crippen molar-refractivity contribution >= 4 is 17.4 Å². The van der Waals surface area contributed by atoms with Crippen molar-refractivity contribution in [3.05, 3.63) is 53.1 Å². The zero-order chi connectivity index (χ0) is 28.1. The summed E-state index contributed by atoms with van der Waals surface area (Å²) in [5.41, 5.74) is 1.05. The Bertz CT molecular complexity index is 1270. The summed E-state index contributed by atoms with van der Waals surface area (Å²) in [6.45, 7) is 9.64. The van der Waals surface area contributed by atoms with Crippen LogP contribution in [0.3, 0.4) is 0 Å². The zero-order valence-electron chi connectivity index (χ0n) is 23.0. The molecule has 1 amide bonds. The Kier molecular flexibility index (Phi) is 8.76. The van der Waals surface area contributed by atoms with Crippen LogP contribution >= 0.6 is 0 Å². The van der Waals surface area contributed by atoms with E-state index in [4.69, 9.17) is 23.7 Å². The number of hydrogen-bond donors (Lipinski definition) is 1. The highest BCUT2D eigenvalue weighted by Gasteiger charge is 2.46. The van der Waals surface area contributed by atoms with E-state index in [2.05, 4.69) is 4.90 Å². The van der Waals surface area contributed by atoms with E-state index in [9.17, 15) is 14.7 Å². The van der Waals surface area contributed by atoms with Gasteiger partial charge in [0.25, 0.3) is 11.7 Å². The van der Waals surface area contributed by atoms with Crippen LogP contribution in [0.1, 0.15) is 37.4 Å². The van der Waals surface area contributed by atoms with E-state index in [1.165, 1.54) is 0 Å². The molecular formula is C30H36N2O8. The number of likely N-dealkylation sites (tertiary alicyclic amines) is 1. The van der Waals surface area contributed by atoms with Crippen LogP contribution in [-0.4, -0.2) is 92.4 Å². The predicted octanol–water partition coefficient (Wildman–Crippen LogP) is 3.40. The molecule has 0 radical (unpaired) electrons. The fourth-order valence-electron chi connectivity index (χ4n) is 5.33. The standard InChI is InChI=1S/C30H36N2O8/c1-3-37-22-8-6-20(18-24(22)38-4-2)27-26(28(33)21-7-9-23-25(19-21)40-17-16-39-23)29(34)30(35)32(27)11-5-10-31-12-14-36-15-13-31/h6-9,18-19,27,33H,3-5,10-17H2,1-2H3/b28-26+. The number of carbonyl (C=O) groups excluding carboxylic acids is 2. The Morgan fingerprint density at radius 1 is 0.900 bits per heavy atom. The van der Waals surface area contributed by atoms with E-state index >= 15 is 0 Å². The lowest BCUT2D eigenvalue weighted by atomic mass is 9.94. The average molecular weight is 553 g/mol. The molecular weight excluding hydrogens is 516 g/mol. The molecule has 1 N–H and O–H groups in total. The molecule has 214 valence electrons. The van der Waals surface area contributed by atoms with Crippen LogP contribution in [0, 0.1) is 0 Å². The topological polar surface area (TPSA) is 107 Å². The molecule has 5 rings (SSSR count). The second-order valence-electron chi connectivity index (χ2n) is 9.73. The molecule has 3 aliphatic rings. The minimum absolute atomic E-state index is 0.0275. The van der Waals surface area contributed by atoms with Gasteiger partial charge in [-0.1, -0.05) is 6.07 Å². The van der Waals surface area contributed by atoms with E-state index in [0.29, 0.717) is 86.7 Å². The number of morpholine rings is 1. The predicted molar refractivity (Wildman–Crippen MR) is 147 cm³/mol. The monoisotopic (exact) mass is 552 g/mol. The normalized spacial score (nSPS) is 20.6. The lowest BCUT2D eigenvalue weighted by molar-refractivity contribution is -0.140. The van der Waals surface area contributed by atoms with Crippen LogP contribution in [0.15, 0.2) is 42.0 Å². The average Bonchev–Trinajstić information content (AvgIpc) is 3.23. The molecule has 10 nitrogen and oxygen atoms in total. The van der Waals surface area contributed by atoms with Crippen LogP contribution in [0.2, 0.25) is 0 Å². The number of rotatable bonds is 10. The van der Waals surface area contributed by atoms with Crippen LogP contribution in [0.4, 0.5) is 0 Å². The summed E-state index contributed by atoms with van der Waals surface area (Å²) < 4.78 is 28.3. The van der Waals surface area contributed by atoms with Crippen molar-refractivity contribution in [2.75, 3.05) is 65.8 Å². The number of nitrogens with zero attached hydrogens (tertiary/aromatic N) is 2. The number of aliphatic hydroxyl groups excluding tert-OH is 1. The summed E-state index contributed by atoms with van der Waals surface area (Å²) in [6.07, 6.45) is 0.670. The molecule has 0 aliphatic carbocycles. The molecule has 3 heterocycles. The summed E-state index contributed by atoms with van der Waals surface area (Å²) >= 11 is 0. The van der Waals surface area contributed by atoms with Gasteiger partial charge in [0.05, 0.1) is 38.0 Å². The van der Waals surface area contributed by atoms with Gasteiger partial charge in [0.15, 0.2) is 23.0 Å². The maximum atomic E-state index is 13.5. The van der Waals surface area contributed by atoms with Crippen LogP contribution in [-0.2, 0) is 14.3 Å². The molecule has 40 heavy (non-hydrogen) atoms. The number of hydrogen-bond acceptors (Lipinski definition) is 9. The van der Waals surface area contributed by atoms with E-state index in [1.807, 2.05) is 19.9 Å². The Hall–Kier alpha value is -3.76. The summed E-state index contributed by atoms with van der Waals surface area (Å²) in [7, 11) is 0. The van der Waals surface area contributed by atoms with Crippen molar-refractivity contribution in [2.24, 2.45) is 0 Å². The number of amides is 1. The number of Topliss-reactive ketones (excluding diaryl/α,β-unsaturated/α-hetero) is 1. The minimum Gasteiger partial charge on any atom is -0.507 e. The number of ketones is 1. The summed E-state index contributed by atoms with van der Waals surface area (Å²) in [5.74, 6) is 0.503. The first-order valence-electron chi connectivity index (χ1n) is 13.9. The third-order valence-corrected chi connectivity index (χ3v) is 7.22. The molecule has 0 aromatic heterocycles. The highest BCUT2D eigenvalue weighted by molar-refractivity contribution is 6.46.